The molecule has 0 fully saturated rings. The van der Waals surface area contributed by atoms with Gasteiger partial charge in [-0.05, 0) is 0 Å². The van der Waals surface area contributed by atoms with E-state index in [4.69, 9.17) is 0 Å². The van der Waals surface area contributed by atoms with Gasteiger partial charge in [-0.25, -0.2) is 87.8 Å². The molecule has 0 atom stereocenters. The highest BCUT2D eigenvalue weighted by atomic mass is 19.2. The predicted octanol–water partition coefficient (Wildman–Crippen LogP) is 8.49. The SMILES string of the molecule is Fc1c(F)c(F)c([B-](c2c(F)c(F)c(F)c(F)c2F)(c2c(F)c(F)c(F)c(F)c2F)c2c(F)c(F)c(F)c(F)c2F)c(F)c1F.O=C(c1ccccc1)c1cncc[n+]1Cc1ccccc1. The summed E-state index contributed by atoms with van der Waals surface area (Å²) in [5, 5.41) is 0. The first kappa shape index (κ1) is 48.2. The maximum atomic E-state index is 15.4. The summed E-state index contributed by atoms with van der Waals surface area (Å²) in [5.41, 5.74) is -11.9. The predicted molar refractivity (Wildman–Crippen MR) is 189 cm³/mol. The van der Waals surface area contributed by atoms with Crippen LogP contribution in [0.2, 0.25) is 0 Å². The third kappa shape index (κ3) is 7.65. The van der Waals surface area contributed by atoms with E-state index in [0.29, 0.717) is 17.8 Å². The third-order valence-corrected chi connectivity index (χ3v) is 10.0. The highest BCUT2D eigenvalue weighted by Gasteiger charge is 2.52. The molecule has 0 spiro atoms. The van der Waals surface area contributed by atoms with Gasteiger partial charge >= 0.3 is 0 Å². The average Bonchev–Trinajstić information content (AvgIpc) is 3.32. The summed E-state index contributed by atoms with van der Waals surface area (Å²) < 4.78 is 296. The van der Waals surface area contributed by atoms with Crippen LogP contribution in [0.25, 0.3) is 0 Å². The maximum absolute atomic E-state index is 15.4. The van der Waals surface area contributed by atoms with E-state index in [1.54, 1.807) is 12.4 Å². The van der Waals surface area contributed by atoms with Crippen LogP contribution in [0, 0.1) is 116 Å². The number of hydrogen-bond acceptors (Lipinski definition) is 2. The van der Waals surface area contributed by atoms with Gasteiger partial charge in [0.05, 0.1) is 6.20 Å². The number of carbonyl (C=O) groups is 1. The zero-order valence-electron chi connectivity index (χ0n) is 31.7. The molecular formula is C42H15BF20N2O. The van der Waals surface area contributed by atoms with Crippen LogP contribution in [0.3, 0.4) is 0 Å². The fraction of sp³-hybridized carbons (Fsp3) is 0.0238. The normalized spacial score (nSPS) is 11.5. The van der Waals surface area contributed by atoms with Crippen molar-refractivity contribution in [2.45, 2.75) is 6.54 Å². The highest BCUT2D eigenvalue weighted by Crippen LogP contribution is 2.31. The average molecular weight is 954 g/mol. The van der Waals surface area contributed by atoms with Crippen LogP contribution in [0.4, 0.5) is 87.8 Å². The van der Waals surface area contributed by atoms with Crippen molar-refractivity contribution in [1.82, 2.24) is 4.98 Å². The van der Waals surface area contributed by atoms with Crippen LogP contribution in [0.5, 0.6) is 0 Å². The molecule has 0 bridgehead atoms. The van der Waals surface area contributed by atoms with Gasteiger partial charge in [-0.2, -0.15) is 4.57 Å². The van der Waals surface area contributed by atoms with Crippen molar-refractivity contribution in [1.29, 1.82) is 0 Å². The fourth-order valence-corrected chi connectivity index (χ4v) is 7.11. The zero-order chi connectivity index (χ0) is 48.8. The standard InChI is InChI=1S/C24BF20.C18H15N2O/c26-5-1(6(27)14(35)21(42)13(5)34)25(2-7(28)15(36)22(43)16(37)8(2)29,3-9(30)17(38)23(44)18(39)10(3)31)4-11(32)19(40)24(45)20(41)12(4)33;21-18(16-9-5-2-6-10-16)17-13-19-11-12-20(17)14-15-7-3-1-4-8-15/h;1-13H,14H2/q-1;+1. The molecule has 0 unspecified atom stereocenters. The molecule has 0 aliphatic heterocycles. The second kappa shape index (κ2) is 18.3. The summed E-state index contributed by atoms with van der Waals surface area (Å²) in [6, 6.07) is 19.3. The van der Waals surface area contributed by atoms with Gasteiger partial charge in [-0.15, -0.1) is 21.9 Å². The Kier molecular flexibility index (Phi) is 13.4. The molecule has 1 aromatic heterocycles. The Bertz CT molecular complexity index is 2700. The van der Waals surface area contributed by atoms with E-state index in [0.717, 1.165) is 5.56 Å². The van der Waals surface area contributed by atoms with Crippen LogP contribution in [0.15, 0.2) is 79.3 Å². The molecule has 6 aromatic carbocycles. The molecular weight excluding hydrogens is 939 g/mol. The molecule has 0 saturated carbocycles. The van der Waals surface area contributed by atoms with Crippen LogP contribution in [0.1, 0.15) is 21.6 Å². The lowest BCUT2D eigenvalue weighted by Crippen LogP contribution is -2.81. The molecule has 7 rings (SSSR count). The van der Waals surface area contributed by atoms with Gasteiger partial charge in [0.15, 0.2) is 82.5 Å². The summed E-state index contributed by atoms with van der Waals surface area (Å²) in [5.74, 6) is -71.4. The van der Waals surface area contributed by atoms with Crippen molar-refractivity contribution in [2.75, 3.05) is 0 Å². The second-order valence-electron chi connectivity index (χ2n) is 13.6. The molecule has 342 valence electrons. The number of nitrogens with zero attached hydrogens (tertiary/aromatic N) is 2. The molecule has 0 N–H and O–H groups in total. The summed E-state index contributed by atoms with van der Waals surface area (Å²) in [7, 11) is 0. The summed E-state index contributed by atoms with van der Waals surface area (Å²) in [6.07, 6.45) is -2.06. The Labute approximate surface area is 354 Å². The number of rotatable bonds is 8. The van der Waals surface area contributed by atoms with Crippen LogP contribution in [-0.4, -0.2) is 16.9 Å². The van der Waals surface area contributed by atoms with Gasteiger partial charge in [-0.1, -0.05) is 60.7 Å². The Morgan fingerprint density at radius 1 is 0.394 bits per heavy atom. The summed E-state index contributed by atoms with van der Waals surface area (Å²) in [4.78, 5) is 16.7. The van der Waals surface area contributed by atoms with E-state index in [1.807, 2.05) is 71.4 Å². The minimum atomic E-state index is -7.22. The molecule has 24 heteroatoms. The van der Waals surface area contributed by atoms with Crippen molar-refractivity contribution < 1.29 is 97.2 Å². The van der Waals surface area contributed by atoms with Gasteiger partial charge in [0, 0.05) is 11.1 Å². The number of benzene rings is 6. The van der Waals surface area contributed by atoms with Crippen molar-refractivity contribution in [3.05, 3.63) is 212 Å². The lowest BCUT2D eigenvalue weighted by Gasteiger charge is -2.44. The Balaban J connectivity index is 0.000000284. The van der Waals surface area contributed by atoms with Gasteiger partial charge in [0.25, 0.3) is 11.5 Å². The van der Waals surface area contributed by atoms with Crippen molar-refractivity contribution in [2.24, 2.45) is 0 Å². The first-order valence-corrected chi connectivity index (χ1v) is 17.7. The minimum absolute atomic E-state index is 0.0142. The van der Waals surface area contributed by atoms with Gasteiger partial charge in [-0.3, -0.25) is 9.78 Å². The fourth-order valence-electron chi connectivity index (χ4n) is 7.11. The molecule has 0 aliphatic rings. The molecule has 0 amide bonds. The maximum Gasteiger partial charge on any atom is 0.272 e. The number of halogens is 20. The Morgan fingerprint density at radius 2 is 0.667 bits per heavy atom. The van der Waals surface area contributed by atoms with E-state index in [9.17, 15) is 57.5 Å². The molecule has 0 saturated heterocycles. The molecule has 1 heterocycles. The summed E-state index contributed by atoms with van der Waals surface area (Å²) in [6.45, 7) is 0.650. The lowest BCUT2D eigenvalue weighted by atomic mass is 9.12. The molecule has 66 heavy (non-hydrogen) atoms. The molecule has 0 aliphatic carbocycles. The van der Waals surface area contributed by atoms with E-state index >= 15 is 35.1 Å². The Hall–Kier alpha value is -7.27. The monoisotopic (exact) mass is 954 g/mol. The molecule has 0 radical (unpaired) electrons. The van der Waals surface area contributed by atoms with Crippen molar-refractivity contribution >= 4 is 33.8 Å². The molecule has 3 nitrogen and oxygen atoms in total. The Morgan fingerprint density at radius 3 is 0.970 bits per heavy atom. The highest BCUT2D eigenvalue weighted by molar-refractivity contribution is 7.20. The second-order valence-corrected chi connectivity index (χ2v) is 13.6. The van der Waals surface area contributed by atoms with Gasteiger partial charge in [0.1, 0.15) is 58.9 Å². The third-order valence-electron chi connectivity index (χ3n) is 10.0. The quantitative estimate of drug-likeness (QED) is 0.0383. The van der Waals surface area contributed by atoms with Crippen LogP contribution in [-0.2, 0) is 6.54 Å². The van der Waals surface area contributed by atoms with Crippen LogP contribution >= 0.6 is 0 Å². The number of aromatic nitrogens is 2. The first-order valence-electron chi connectivity index (χ1n) is 17.7. The zero-order valence-corrected chi connectivity index (χ0v) is 31.7. The van der Waals surface area contributed by atoms with E-state index in [2.05, 4.69) is 4.98 Å². The molecule has 7 aromatic rings. The first-order chi connectivity index (χ1) is 31.0. The van der Waals surface area contributed by atoms with Crippen molar-refractivity contribution in [3.8, 4) is 0 Å². The van der Waals surface area contributed by atoms with E-state index in [-0.39, 0.29) is 5.78 Å². The number of carbonyl (C=O) groups excluding carboxylic acids is 1. The number of ketones is 1. The van der Waals surface area contributed by atoms with Crippen molar-refractivity contribution in [3.63, 3.8) is 0 Å². The van der Waals surface area contributed by atoms with E-state index < -0.39 is 144 Å². The summed E-state index contributed by atoms with van der Waals surface area (Å²) >= 11 is 0. The smallest absolute Gasteiger partial charge is 0.272 e. The van der Waals surface area contributed by atoms with Gasteiger partial charge in [0.2, 0.25) is 0 Å². The minimum Gasteiger partial charge on any atom is -0.282 e. The number of hydrogen-bond donors (Lipinski definition) is 0. The lowest BCUT2D eigenvalue weighted by molar-refractivity contribution is -0.690. The topological polar surface area (TPSA) is 33.8 Å². The van der Waals surface area contributed by atoms with E-state index in [1.165, 1.54) is 0 Å². The van der Waals surface area contributed by atoms with Gasteiger partial charge < -0.3 is 0 Å². The van der Waals surface area contributed by atoms with Crippen LogP contribution < -0.4 is 26.4 Å². The largest absolute Gasteiger partial charge is 0.282 e.